The molecule has 2 fully saturated rings. The van der Waals surface area contributed by atoms with Crippen LogP contribution < -0.4 is 0 Å². The number of fused-ring (bicyclic) bond motifs is 1. The van der Waals surface area contributed by atoms with Crippen LogP contribution in [0.25, 0.3) is 0 Å². The SMILES string of the molecule is O=C(O)[C@@]12CCC[C@H]1CN(Cc1cnn(Cc3ccccc3)c1)C2. The number of nitrogens with zero attached hydrogens (tertiary/aromatic N) is 3. The Kier molecular flexibility index (Phi) is 3.88. The third-order valence-corrected chi connectivity index (χ3v) is 5.65. The molecule has 0 spiro atoms. The second-order valence-electron chi connectivity index (χ2n) is 7.25. The maximum absolute atomic E-state index is 11.8. The van der Waals surface area contributed by atoms with Crippen LogP contribution in [-0.4, -0.2) is 38.8 Å². The van der Waals surface area contributed by atoms with Crippen LogP contribution in [0.1, 0.15) is 30.4 Å². The number of carboxylic acids is 1. The number of likely N-dealkylation sites (tertiary alicyclic amines) is 1. The zero-order valence-corrected chi connectivity index (χ0v) is 13.8. The third-order valence-electron chi connectivity index (χ3n) is 5.65. The average molecular weight is 325 g/mol. The van der Waals surface area contributed by atoms with Crippen molar-refractivity contribution in [3.05, 3.63) is 53.9 Å². The summed E-state index contributed by atoms with van der Waals surface area (Å²) in [4.78, 5) is 14.1. The summed E-state index contributed by atoms with van der Waals surface area (Å²) in [5.41, 5.74) is 1.89. The summed E-state index contributed by atoms with van der Waals surface area (Å²) in [7, 11) is 0. The zero-order chi connectivity index (χ0) is 16.6. The molecule has 1 N–H and O–H groups in total. The highest BCUT2D eigenvalue weighted by Crippen LogP contribution is 2.49. The fourth-order valence-corrected chi connectivity index (χ4v) is 4.47. The molecule has 0 radical (unpaired) electrons. The number of hydrogen-bond donors (Lipinski definition) is 1. The summed E-state index contributed by atoms with van der Waals surface area (Å²) in [6.07, 6.45) is 6.92. The van der Waals surface area contributed by atoms with E-state index >= 15 is 0 Å². The molecule has 1 aromatic carbocycles. The molecule has 1 aliphatic carbocycles. The van der Waals surface area contributed by atoms with Crippen molar-refractivity contribution in [1.82, 2.24) is 14.7 Å². The smallest absolute Gasteiger partial charge is 0.311 e. The molecule has 0 amide bonds. The van der Waals surface area contributed by atoms with Gasteiger partial charge in [-0.1, -0.05) is 36.8 Å². The summed E-state index contributed by atoms with van der Waals surface area (Å²) in [6, 6.07) is 10.3. The lowest BCUT2D eigenvalue weighted by Gasteiger charge is -2.23. The van der Waals surface area contributed by atoms with Crippen LogP contribution in [0.15, 0.2) is 42.7 Å². The van der Waals surface area contributed by atoms with E-state index in [0.29, 0.717) is 12.5 Å². The van der Waals surface area contributed by atoms with E-state index in [9.17, 15) is 9.90 Å². The number of aliphatic carboxylic acids is 1. The first-order valence-electron chi connectivity index (χ1n) is 8.67. The first kappa shape index (κ1) is 15.4. The van der Waals surface area contributed by atoms with Gasteiger partial charge in [0.1, 0.15) is 0 Å². The Bertz CT molecular complexity index is 727. The van der Waals surface area contributed by atoms with Crippen molar-refractivity contribution < 1.29 is 9.90 Å². The fraction of sp³-hybridized carbons (Fsp3) is 0.474. The highest BCUT2D eigenvalue weighted by molar-refractivity contribution is 5.76. The van der Waals surface area contributed by atoms with E-state index in [4.69, 9.17) is 0 Å². The minimum atomic E-state index is -0.604. The third kappa shape index (κ3) is 2.73. The number of benzene rings is 1. The van der Waals surface area contributed by atoms with E-state index in [1.807, 2.05) is 29.1 Å². The highest BCUT2D eigenvalue weighted by atomic mass is 16.4. The molecule has 1 aromatic heterocycles. The monoisotopic (exact) mass is 325 g/mol. The number of rotatable bonds is 5. The maximum atomic E-state index is 11.8. The molecule has 2 heterocycles. The normalized spacial score (nSPS) is 26.6. The second kappa shape index (κ2) is 6.06. The lowest BCUT2D eigenvalue weighted by atomic mass is 9.81. The molecule has 2 aliphatic rings. The van der Waals surface area contributed by atoms with E-state index in [-0.39, 0.29) is 0 Å². The molecule has 2 aromatic rings. The first-order valence-corrected chi connectivity index (χ1v) is 8.67. The van der Waals surface area contributed by atoms with Gasteiger partial charge in [0.25, 0.3) is 0 Å². The molecule has 4 rings (SSSR count). The van der Waals surface area contributed by atoms with Gasteiger partial charge in [-0.3, -0.25) is 14.4 Å². The van der Waals surface area contributed by atoms with Crippen molar-refractivity contribution in [2.24, 2.45) is 11.3 Å². The highest BCUT2D eigenvalue weighted by Gasteiger charge is 2.54. The van der Waals surface area contributed by atoms with Gasteiger partial charge in [-0.2, -0.15) is 5.10 Å². The Morgan fingerprint density at radius 1 is 1.25 bits per heavy atom. The topological polar surface area (TPSA) is 58.4 Å². The molecular weight excluding hydrogens is 302 g/mol. The van der Waals surface area contributed by atoms with E-state index in [2.05, 4.69) is 28.3 Å². The minimum absolute atomic E-state index is 0.314. The Morgan fingerprint density at radius 3 is 2.83 bits per heavy atom. The van der Waals surface area contributed by atoms with Gasteiger partial charge in [-0.15, -0.1) is 0 Å². The molecule has 1 aliphatic heterocycles. The van der Waals surface area contributed by atoms with Crippen molar-refractivity contribution in [2.45, 2.75) is 32.4 Å². The quantitative estimate of drug-likeness (QED) is 0.918. The summed E-state index contributed by atoms with van der Waals surface area (Å²) in [5, 5.41) is 14.1. The molecule has 1 saturated heterocycles. The van der Waals surface area contributed by atoms with Gasteiger partial charge >= 0.3 is 5.97 Å². The van der Waals surface area contributed by atoms with Crippen LogP contribution in [0.5, 0.6) is 0 Å². The predicted molar refractivity (Wildman–Crippen MR) is 90.5 cm³/mol. The first-order chi connectivity index (χ1) is 11.7. The van der Waals surface area contributed by atoms with Crippen LogP contribution in [0.4, 0.5) is 0 Å². The van der Waals surface area contributed by atoms with Gasteiger partial charge < -0.3 is 5.11 Å². The van der Waals surface area contributed by atoms with Crippen LogP contribution in [0, 0.1) is 11.3 Å². The minimum Gasteiger partial charge on any atom is -0.481 e. The molecule has 1 saturated carbocycles. The van der Waals surface area contributed by atoms with Crippen molar-refractivity contribution in [1.29, 1.82) is 0 Å². The lowest BCUT2D eigenvalue weighted by molar-refractivity contribution is -0.149. The summed E-state index contributed by atoms with van der Waals surface area (Å²) in [5.74, 6) is -0.290. The maximum Gasteiger partial charge on any atom is 0.311 e. The standard InChI is InChI=1S/C19H23N3O2/c23-18(24)19-8-4-7-17(19)13-21(14-19)10-16-9-20-22(12-16)11-15-5-2-1-3-6-15/h1-3,5-6,9,12,17H,4,7-8,10-11,13-14H2,(H,23,24)/t17-,19+/m0/s1. The Morgan fingerprint density at radius 2 is 2.08 bits per heavy atom. The van der Waals surface area contributed by atoms with Crippen LogP contribution in [-0.2, 0) is 17.9 Å². The number of carboxylic acid groups (broad SMARTS) is 1. The summed E-state index contributed by atoms with van der Waals surface area (Å²) >= 11 is 0. The fourth-order valence-electron chi connectivity index (χ4n) is 4.47. The largest absolute Gasteiger partial charge is 0.481 e. The van der Waals surface area contributed by atoms with Crippen LogP contribution in [0.2, 0.25) is 0 Å². The molecule has 2 atom stereocenters. The molecule has 126 valence electrons. The van der Waals surface area contributed by atoms with Crippen molar-refractivity contribution in [3.8, 4) is 0 Å². The van der Waals surface area contributed by atoms with Gasteiger partial charge in [0.15, 0.2) is 0 Å². The van der Waals surface area contributed by atoms with Gasteiger partial charge in [0, 0.05) is 31.4 Å². The van der Waals surface area contributed by atoms with E-state index in [1.165, 1.54) is 5.56 Å². The van der Waals surface area contributed by atoms with Gasteiger partial charge in [-0.25, -0.2) is 0 Å². The molecule has 5 heteroatoms. The number of hydrogen-bond acceptors (Lipinski definition) is 3. The number of aromatic nitrogens is 2. The second-order valence-corrected chi connectivity index (χ2v) is 7.25. The zero-order valence-electron chi connectivity index (χ0n) is 13.8. The average Bonchev–Trinajstić information content (AvgIpc) is 3.23. The van der Waals surface area contributed by atoms with Crippen LogP contribution in [0.3, 0.4) is 0 Å². The summed E-state index contributed by atoms with van der Waals surface area (Å²) < 4.78 is 1.95. The number of carbonyl (C=O) groups is 1. The van der Waals surface area contributed by atoms with Gasteiger partial charge in [0.05, 0.1) is 18.2 Å². The Labute approximate surface area is 141 Å². The Hall–Kier alpha value is -2.14. The van der Waals surface area contributed by atoms with Crippen LogP contribution >= 0.6 is 0 Å². The van der Waals surface area contributed by atoms with E-state index in [1.54, 1.807) is 0 Å². The molecule has 0 unspecified atom stereocenters. The van der Waals surface area contributed by atoms with Gasteiger partial charge in [0.2, 0.25) is 0 Å². The molecule has 5 nitrogen and oxygen atoms in total. The van der Waals surface area contributed by atoms with E-state index in [0.717, 1.165) is 44.5 Å². The predicted octanol–water partition coefficient (Wildman–Crippen LogP) is 2.62. The van der Waals surface area contributed by atoms with Gasteiger partial charge in [-0.05, 0) is 24.3 Å². The van der Waals surface area contributed by atoms with Crippen molar-refractivity contribution >= 4 is 5.97 Å². The lowest BCUT2D eigenvalue weighted by Crippen LogP contribution is -2.35. The Balaban J connectivity index is 1.41. The van der Waals surface area contributed by atoms with Crippen molar-refractivity contribution in [2.75, 3.05) is 13.1 Å². The molecule has 24 heavy (non-hydrogen) atoms. The van der Waals surface area contributed by atoms with Crippen molar-refractivity contribution in [3.63, 3.8) is 0 Å². The summed E-state index contributed by atoms with van der Waals surface area (Å²) in [6.45, 7) is 3.13. The molecular formula is C19H23N3O2. The van der Waals surface area contributed by atoms with E-state index < -0.39 is 11.4 Å². The molecule has 0 bridgehead atoms.